The average molecular weight is 446 g/mol. The van der Waals surface area contributed by atoms with Crippen LogP contribution in [0.4, 0.5) is 0 Å². The monoisotopic (exact) mass is 445 g/mol. The Morgan fingerprint density at radius 3 is 2.60 bits per heavy atom. The molecule has 158 valence electrons. The summed E-state index contributed by atoms with van der Waals surface area (Å²) in [6.45, 7) is 8.38. The zero-order chi connectivity index (χ0) is 21.5. The molecule has 0 radical (unpaired) electrons. The lowest BCUT2D eigenvalue weighted by Gasteiger charge is -2.18. The van der Waals surface area contributed by atoms with Gasteiger partial charge < -0.3 is 4.98 Å². The molecule has 0 aliphatic carbocycles. The Hall–Kier alpha value is -2.50. The third kappa shape index (κ3) is 3.68. The number of nitrogens with zero attached hydrogens (tertiary/aromatic N) is 6. The number of aromatic amines is 1. The van der Waals surface area contributed by atoms with E-state index in [4.69, 9.17) is 0 Å². The summed E-state index contributed by atoms with van der Waals surface area (Å²) in [5.74, 6) is 2.11. The minimum absolute atomic E-state index is 0.266. The van der Waals surface area contributed by atoms with Crippen LogP contribution in [-0.2, 0) is 15.8 Å². The lowest BCUT2D eigenvalue weighted by atomic mass is 10.3. The maximum absolute atomic E-state index is 12.8. The van der Waals surface area contributed by atoms with E-state index in [1.54, 1.807) is 18.2 Å². The Morgan fingerprint density at radius 2 is 1.87 bits per heavy atom. The van der Waals surface area contributed by atoms with Gasteiger partial charge in [-0.25, -0.2) is 18.4 Å². The number of sulfonamides is 1. The molecule has 1 N–H and O–H groups in total. The molecule has 4 aromatic rings. The van der Waals surface area contributed by atoms with E-state index in [2.05, 4.69) is 25.1 Å². The fourth-order valence-electron chi connectivity index (χ4n) is 3.41. The molecule has 0 amide bonds. The van der Waals surface area contributed by atoms with Crippen LogP contribution in [-0.4, -0.2) is 55.4 Å². The zero-order valence-corrected chi connectivity index (χ0v) is 18.9. The Morgan fingerprint density at radius 1 is 1.10 bits per heavy atom. The lowest BCUT2D eigenvalue weighted by molar-refractivity contribution is 0.445. The normalized spacial score (nSPS) is 12.4. The van der Waals surface area contributed by atoms with Gasteiger partial charge in [-0.1, -0.05) is 25.6 Å². The van der Waals surface area contributed by atoms with Crippen LogP contribution in [0, 0.1) is 13.8 Å². The van der Waals surface area contributed by atoms with Crippen molar-refractivity contribution < 1.29 is 8.42 Å². The highest BCUT2D eigenvalue weighted by atomic mass is 32.2. The molecular weight excluding hydrogens is 422 g/mol. The van der Waals surface area contributed by atoms with Crippen LogP contribution in [0.5, 0.6) is 0 Å². The van der Waals surface area contributed by atoms with E-state index >= 15 is 0 Å². The van der Waals surface area contributed by atoms with Gasteiger partial charge >= 0.3 is 0 Å². The highest BCUT2D eigenvalue weighted by Crippen LogP contribution is 2.25. The van der Waals surface area contributed by atoms with Crippen molar-refractivity contribution in [1.82, 2.24) is 33.9 Å². The largest absolute Gasteiger partial charge is 0.341 e. The topological polar surface area (TPSA) is 109 Å². The SMILES string of the molecule is CCN(CC)S(=O)(=O)c1ccc2nc(CSc3nnc4cc(C)nc(C)n34)[nH]c2c1. The molecule has 0 fully saturated rings. The van der Waals surface area contributed by atoms with Crippen molar-refractivity contribution in [2.24, 2.45) is 0 Å². The fraction of sp³-hybridized carbons (Fsp3) is 0.368. The van der Waals surface area contributed by atoms with Gasteiger partial charge in [0.05, 0.1) is 21.7 Å². The van der Waals surface area contributed by atoms with Crippen LogP contribution in [0.15, 0.2) is 34.3 Å². The quantitative estimate of drug-likeness (QED) is 0.436. The van der Waals surface area contributed by atoms with Crippen molar-refractivity contribution in [3.05, 3.63) is 41.6 Å². The first-order valence-corrected chi connectivity index (χ1v) is 12.1. The molecule has 9 nitrogen and oxygen atoms in total. The number of nitrogens with one attached hydrogen (secondary N) is 1. The predicted molar refractivity (Wildman–Crippen MR) is 116 cm³/mol. The zero-order valence-electron chi connectivity index (χ0n) is 17.2. The van der Waals surface area contributed by atoms with Gasteiger partial charge in [-0.3, -0.25) is 4.40 Å². The van der Waals surface area contributed by atoms with Crippen LogP contribution in [0.2, 0.25) is 0 Å². The molecule has 0 saturated carbocycles. The van der Waals surface area contributed by atoms with Crippen LogP contribution in [0.3, 0.4) is 0 Å². The fourth-order valence-corrected chi connectivity index (χ4v) is 5.75. The smallest absolute Gasteiger partial charge is 0.243 e. The predicted octanol–water partition coefficient (Wildman–Crippen LogP) is 2.94. The Balaban J connectivity index is 1.59. The molecule has 0 bridgehead atoms. The summed E-state index contributed by atoms with van der Waals surface area (Å²) >= 11 is 1.50. The molecule has 0 aliphatic rings. The van der Waals surface area contributed by atoms with E-state index in [9.17, 15) is 8.42 Å². The minimum atomic E-state index is -3.51. The van der Waals surface area contributed by atoms with Gasteiger partial charge in [-0.05, 0) is 32.0 Å². The van der Waals surface area contributed by atoms with Gasteiger partial charge in [-0.15, -0.1) is 10.2 Å². The summed E-state index contributed by atoms with van der Waals surface area (Å²) < 4.78 is 28.9. The summed E-state index contributed by atoms with van der Waals surface area (Å²) in [5, 5.41) is 9.21. The molecule has 1 aromatic carbocycles. The van der Waals surface area contributed by atoms with Crippen molar-refractivity contribution in [3.8, 4) is 0 Å². The molecule has 0 unspecified atom stereocenters. The van der Waals surface area contributed by atoms with Gasteiger partial charge in [0.25, 0.3) is 0 Å². The number of H-pyrrole nitrogens is 1. The Labute approximate surface area is 179 Å². The van der Waals surface area contributed by atoms with E-state index in [-0.39, 0.29) is 4.90 Å². The van der Waals surface area contributed by atoms with Crippen molar-refractivity contribution in [2.75, 3.05) is 13.1 Å². The van der Waals surface area contributed by atoms with Crippen molar-refractivity contribution in [2.45, 2.75) is 43.5 Å². The standard InChI is InChI=1S/C19H23N7O2S2/c1-5-25(6-2)30(27,28)14-7-8-15-16(10-14)22-17(21-15)11-29-19-24-23-18-9-12(3)20-13(4)26(18)19/h7-10H,5-6,11H2,1-4H3,(H,21,22). The van der Waals surface area contributed by atoms with E-state index in [0.29, 0.717) is 24.4 Å². The number of hydrogen-bond donors (Lipinski definition) is 1. The van der Waals surface area contributed by atoms with Gasteiger partial charge in [-0.2, -0.15) is 4.31 Å². The summed E-state index contributed by atoms with van der Waals surface area (Å²) in [6, 6.07) is 6.88. The average Bonchev–Trinajstić information content (AvgIpc) is 3.29. The maximum Gasteiger partial charge on any atom is 0.243 e. The first-order chi connectivity index (χ1) is 14.3. The lowest BCUT2D eigenvalue weighted by Crippen LogP contribution is -2.30. The van der Waals surface area contributed by atoms with E-state index in [0.717, 1.165) is 33.7 Å². The number of benzene rings is 1. The maximum atomic E-state index is 12.8. The van der Waals surface area contributed by atoms with Crippen LogP contribution >= 0.6 is 11.8 Å². The van der Waals surface area contributed by atoms with Gasteiger partial charge in [0.1, 0.15) is 11.6 Å². The van der Waals surface area contributed by atoms with Crippen LogP contribution < -0.4 is 0 Å². The molecule has 0 spiro atoms. The Bertz CT molecular complexity index is 1320. The summed E-state index contributed by atoms with van der Waals surface area (Å²) in [6.07, 6.45) is 0. The summed E-state index contributed by atoms with van der Waals surface area (Å²) in [4.78, 5) is 12.5. The second-order valence-electron chi connectivity index (χ2n) is 6.86. The number of hydrogen-bond acceptors (Lipinski definition) is 7. The molecule has 11 heteroatoms. The van der Waals surface area contributed by atoms with Gasteiger partial charge in [0.15, 0.2) is 10.8 Å². The number of aryl methyl sites for hydroxylation is 2. The van der Waals surface area contributed by atoms with Crippen LogP contribution in [0.25, 0.3) is 16.7 Å². The van der Waals surface area contributed by atoms with Gasteiger partial charge in [0, 0.05) is 24.8 Å². The molecule has 0 atom stereocenters. The minimum Gasteiger partial charge on any atom is -0.341 e. The Kier molecular flexibility index (Phi) is 5.51. The summed E-state index contributed by atoms with van der Waals surface area (Å²) in [7, 11) is -3.51. The molecular formula is C19H23N7O2S2. The number of imidazole rings is 1. The third-order valence-electron chi connectivity index (χ3n) is 4.84. The highest BCUT2D eigenvalue weighted by molar-refractivity contribution is 7.98. The van der Waals surface area contributed by atoms with Crippen LogP contribution in [0.1, 0.15) is 31.2 Å². The summed E-state index contributed by atoms with van der Waals surface area (Å²) in [5.41, 5.74) is 3.08. The van der Waals surface area contributed by atoms with E-state index in [1.165, 1.54) is 16.1 Å². The van der Waals surface area contributed by atoms with Crippen molar-refractivity contribution in [3.63, 3.8) is 0 Å². The second kappa shape index (κ2) is 7.97. The van der Waals surface area contributed by atoms with Crippen molar-refractivity contribution in [1.29, 1.82) is 0 Å². The third-order valence-corrected chi connectivity index (χ3v) is 7.83. The molecule has 3 heterocycles. The first-order valence-electron chi connectivity index (χ1n) is 9.64. The molecule has 30 heavy (non-hydrogen) atoms. The van der Waals surface area contributed by atoms with E-state index < -0.39 is 10.0 Å². The number of aromatic nitrogens is 6. The number of thioether (sulfide) groups is 1. The first kappa shape index (κ1) is 20.8. The molecule has 3 aromatic heterocycles. The van der Waals surface area contributed by atoms with Crippen molar-refractivity contribution >= 4 is 38.5 Å². The number of fused-ring (bicyclic) bond motifs is 2. The van der Waals surface area contributed by atoms with E-state index in [1.807, 2.05) is 38.2 Å². The molecule has 0 aliphatic heterocycles. The van der Waals surface area contributed by atoms with Gasteiger partial charge in [0.2, 0.25) is 10.0 Å². The second-order valence-corrected chi connectivity index (χ2v) is 9.74. The highest BCUT2D eigenvalue weighted by Gasteiger charge is 2.22. The number of rotatable bonds is 7. The molecule has 4 rings (SSSR count). The molecule has 0 saturated heterocycles.